The minimum atomic E-state index is -1.06. The maximum absolute atomic E-state index is 13.5. The van der Waals surface area contributed by atoms with E-state index in [0.29, 0.717) is 16.8 Å². The molecule has 8 nitrogen and oxygen atoms in total. The minimum Gasteiger partial charge on any atom is -0.389 e. The van der Waals surface area contributed by atoms with E-state index in [0.717, 1.165) is 22.2 Å². The molecule has 2 heterocycles. The van der Waals surface area contributed by atoms with Gasteiger partial charge in [-0.3, -0.25) is 5.32 Å². The van der Waals surface area contributed by atoms with Gasteiger partial charge in [-0.2, -0.15) is 0 Å². The number of rotatable bonds is 5. The van der Waals surface area contributed by atoms with E-state index in [-0.39, 0.29) is 18.3 Å². The van der Waals surface area contributed by atoms with Gasteiger partial charge in [0.15, 0.2) is 0 Å². The molecular weight excluding hydrogens is 423 g/mol. The first-order valence-corrected chi connectivity index (χ1v) is 10.3. The molecule has 168 valence electrons. The van der Waals surface area contributed by atoms with Gasteiger partial charge in [0, 0.05) is 34.9 Å². The van der Waals surface area contributed by atoms with Crippen molar-refractivity contribution in [1.82, 2.24) is 25.3 Å². The van der Waals surface area contributed by atoms with E-state index in [1.807, 2.05) is 25.1 Å². The fourth-order valence-electron chi connectivity index (χ4n) is 3.28. The fraction of sp³-hybridized carbons (Fsp3) is 0.208. The molecule has 0 fully saturated rings. The lowest BCUT2D eigenvalue weighted by Gasteiger charge is -2.18. The highest BCUT2D eigenvalue weighted by Gasteiger charge is 2.17. The van der Waals surface area contributed by atoms with Gasteiger partial charge in [0.2, 0.25) is 5.95 Å². The van der Waals surface area contributed by atoms with Crippen LogP contribution in [-0.4, -0.2) is 43.2 Å². The molecule has 0 aliphatic carbocycles. The van der Waals surface area contributed by atoms with Crippen molar-refractivity contribution < 1.29 is 14.3 Å². The Balaban J connectivity index is 1.75. The Kier molecular flexibility index (Phi) is 5.97. The second kappa shape index (κ2) is 8.87. The number of hydrogen-bond acceptors (Lipinski definition) is 6. The summed E-state index contributed by atoms with van der Waals surface area (Å²) in [5.41, 5.74) is 3.32. The van der Waals surface area contributed by atoms with E-state index in [4.69, 9.17) is 0 Å². The van der Waals surface area contributed by atoms with Crippen molar-refractivity contribution in [2.75, 3.05) is 11.9 Å². The smallest absolute Gasteiger partial charge is 0.321 e. The third-order valence-electron chi connectivity index (χ3n) is 4.96. The molecule has 33 heavy (non-hydrogen) atoms. The van der Waals surface area contributed by atoms with Gasteiger partial charge in [-0.25, -0.2) is 29.1 Å². The maximum Gasteiger partial charge on any atom is 0.321 e. The number of urea groups is 1. The van der Waals surface area contributed by atoms with Gasteiger partial charge in [-0.1, -0.05) is 6.07 Å². The molecule has 0 radical (unpaired) electrons. The first-order valence-electron chi connectivity index (χ1n) is 10.3. The second-order valence-electron chi connectivity index (χ2n) is 8.27. The van der Waals surface area contributed by atoms with E-state index < -0.39 is 11.6 Å². The Morgan fingerprint density at radius 2 is 1.79 bits per heavy atom. The van der Waals surface area contributed by atoms with Gasteiger partial charge in [-0.05, 0) is 62.7 Å². The lowest BCUT2D eigenvalue weighted by molar-refractivity contribution is 0.0826. The van der Waals surface area contributed by atoms with Crippen LogP contribution < -0.4 is 10.6 Å². The Hall–Kier alpha value is -3.98. The molecule has 4 rings (SSSR count). The van der Waals surface area contributed by atoms with Crippen molar-refractivity contribution in [2.45, 2.75) is 26.4 Å². The predicted octanol–water partition coefficient (Wildman–Crippen LogP) is 4.09. The van der Waals surface area contributed by atoms with Crippen LogP contribution in [0.5, 0.6) is 0 Å². The lowest BCUT2D eigenvalue weighted by atomic mass is 9.99. The molecule has 0 unspecified atom stereocenters. The Morgan fingerprint density at radius 1 is 1.06 bits per heavy atom. The van der Waals surface area contributed by atoms with E-state index in [1.54, 1.807) is 32.2 Å². The highest BCUT2D eigenvalue weighted by Crippen LogP contribution is 2.32. The highest BCUT2D eigenvalue weighted by atomic mass is 19.1. The van der Waals surface area contributed by atoms with Crippen LogP contribution >= 0.6 is 0 Å². The predicted molar refractivity (Wildman–Crippen MR) is 124 cm³/mol. The van der Waals surface area contributed by atoms with Gasteiger partial charge in [0.05, 0.1) is 16.8 Å². The third kappa shape index (κ3) is 5.27. The zero-order valence-corrected chi connectivity index (χ0v) is 18.4. The fourth-order valence-corrected chi connectivity index (χ4v) is 3.28. The maximum atomic E-state index is 13.5. The quantitative estimate of drug-likeness (QED) is 0.426. The largest absolute Gasteiger partial charge is 0.389 e. The Bertz CT molecular complexity index is 1320. The zero-order chi connectivity index (χ0) is 23.6. The number of nitrogens with zero attached hydrogens (tertiary/aromatic N) is 4. The number of fused-ring (bicyclic) bond motifs is 1. The third-order valence-corrected chi connectivity index (χ3v) is 4.96. The van der Waals surface area contributed by atoms with Gasteiger partial charge in [-0.15, -0.1) is 0 Å². The molecule has 2 aromatic carbocycles. The summed E-state index contributed by atoms with van der Waals surface area (Å²) in [5, 5.41) is 15.8. The Labute approximate surface area is 190 Å². The normalized spacial score (nSPS) is 11.4. The van der Waals surface area contributed by atoms with Crippen LogP contribution in [0.2, 0.25) is 0 Å². The molecule has 0 saturated carbocycles. The molecule has 0 bridgehead atoms. The Morgan fingerprint density at radius 3 is 2.52 bits per heavy atom. The number of aryl methyl sites for hydroxylation is 1. The number of halogens is 1. The van der Waals surface area contributed by atoms with Crippen molar-refractivity contribution >= 4 is 22.9 Å². The molecule has 0 aliphatic heterocycles. The van der Waals surface area contributed by atoms with Crippen LogP contribution in [0.25, 0.3) is 33.3 Å². The van der Waals surface area contributed by atoms with Crippen molar-refractivity contribution in [3.8, 4) is 22.4 Å². The van der Waals surface area contributed by atoms with Crippen molar-refractivity contribution in [3.05, 3.63) is 66.5 Å². The van der Waals surface area contributed by atoms with E-state index in [2.05, 4.69) is 30.6 Å². The summed E-state index contributed by atoms with van der Waals surface area (Å²) in [4.78, 5) is 29.6. The summed E-state index contributed by atoms with van der Waals surface area (Å²) in [5.74, 6) is -0.288. The summed E-state index contributed by atoms with van der Waals surface area (Å²) >= 11 is 0. The number of hydrogen-bond donors (Lipinski definition) is 3. The SMILES string of the molecule is Cc1ncnc2ccc(-c3cnc(NC(=O)NCC(C)(C)O)nc3-c3ccc(F)cc3)cc12. The molecule has 2 aromatic heterocycles. The molecule has 4 aromatic rings. The first-order chi connectivity index (χ1) is 15.7. The molecule has 3 N–H and O–H groups in total. The average molecular weight is 446 g/mol. The summed E-state index contributed by atoms with van der Waals surface area (Å²) in [7, 11) is 0. The standard InChI is InChI=1S/C24H23FN6O2/c1-14-18-10-16(6-9-20(18)29-13-28-14)19-11-26-22(31-23(32)27-12-24(2,3)33)30-21(19)15-4-7-17(25)8-5-15/h4-11,13,33H,12H2,1-3H3,(H2,26,27,30,31,32). The minimum absolute atomic E-state index is 0.0558. The van der Waals surface area contributed by atoms with Gasteiger partial charge in [0.25, 0.3) is 0 Å². The number of nitrogens with one attached hydrogen (secondary N) is 2. The van der Waals surface area contributed by atoms with Gasteiger partial charge >= 0.3 is 6.03 Å². The lowest BCUT2D eigenvalue weighted by Crippen LogP contribution is -2.40. The van der Waals surface area contributed by atoms with E-state index in [9.17, 15) is 14.3 Å². The van der Waals surface area contributed by atoms with Crippen molar-refractivity contribution in [2.24, 2.45) is 0 Å². The van der Waals surface area contributed by atoms with Crippen LogP contribution in [0.4, 0.5) is 15.1 Å². The van der Waals surface area contributed by atoms with E-state index in [1.165, 1.54) is 18.5 Å². The molecule has 0 saturated heterocycles. The van der Waals surface area contributed by atoms with Crippen LogP contribution in [0.15, 0.2) is 55.0 Å². The van der Waals surface area contributed by atoms with E-state index >= 15 is 0 Å². The van der Waals surface area contributed by atoms with Crippen LogP contribution in [-0.2, 0) is 0 Å². The molecular formula is C24H23FN6O2. The van der Waals surface area contributed by atoms with Gasteiger partial charge < -0.3 is 10.4 Å². The van der Waals surface area contributed by atoms with Gasteiger partial charge in [0.1, 0.15) is 12.1 Å². The summed E-state index contributed by atoms with van der Waals surface area (Å²) in [6.45, 7) is 5.13. The monoisotopic (exact) mass is 446 g/mol. The number of anilines is 1. The first kappa shape index (κ1) is 22.2. The molecule has 2 amide bonds. The molecule has 0 aliphatic rings. The zero-order valence-electron chi connectivity index (χ0n) is 18.4. The molecule has 9 heteroatoms. The number of carbonyl (C=O) groups excluding carboxylic acids is 1. The average Bonchev–Trinajstić information content (AvgIpc) is 2.78. The number of aliphatic hydroxyl groups is 1. The van der Waals surface area contributed by atoms with Crippen molar-refractivity contribution in [3.63, 3.8) is 0 Å². The highest BCUT2D eigenvalue weighted by molar-refractivity contribution is 5.91. The number of benzene rings is 2. The van der Waals surface area contributed by atoms with Crippen molar-refractivity contribution in [1.29, 1.82) is 0 Å². The van der Waals surface area contributed by atoms with Crippen LogP contribution in [0.1, 0.15) is 19.5 Å². The second-order valence-corrected chi connectivity index (χ2v) is 8.27. The molecule has 0 spiro atoms. The van der Waals surface area contributed by atoms with Crippen LogP contribution in [0, 0.1) is 12.7 Å². The number of aromatic nitrogens is 4. The number of carbonyl (C=O) groups is 1. The van der Waals surface area contributed by atoms with Crippen LogP contribution in [0.3, 0.4) is 0 Å². The number of amides is 2. The molecule has 0 atom stereocenters. The topological polar surface area (TPSA) is 113 Å². The summed E-state index contributed by atoms with van der Waals surface area (Å²) in [6.07, 6.45) is 3.13. The summed E-state index contributed by atoms with van der Waals surface area (Å²) < 4.78 is 13.5. The summed E-state index contributed by atoms with van der Waals surface area (Å²) in [6, 6.07) is 11.1.